The maximum atomic E-state index is 12.6. The molecule has 0 saturated heterocycles. The molecular formula is C24H18Cl2N2O2. The number of rotatable bonds is 6. The van der Waals surface area contributed by atoms with Crippen LogP contribution >= 0.6 is 23.2 Å². The maximum Gasteiger partial charge on any atom is 0.266 e. The van der Waals surface area contributed by atoms with E-state index in [9.17, 15) is 10.1 Å². The van der Waals surface area contributed by atoms with Gasteiger partial charge in [0.05, 0.1) is 5.02 Å². The number of anilines is 1. The number of hydrogen-bond donors (Lipinski definition) is 1. The smallest absolute Gasteiger partial charge is 0.266 e. The number of nitriles is 1. The molecular weight excluding hydrogens is 419 g/mol. The Morgan fingerprint density at radius 1 is 1.10 bits per heavy atom. The fourth-order valence-electron chi connectivity index (χ4n) is 2.79. The van der Waals surface area contributed by atoms with Crippen molar-refractivity contribution in [1.29, 1.82) is 5.26 Å². The first kappa shape index (κ1) is 21.4. The first-order valence-corrected chi connectivity index (χ1v) is 9.87. The van der Waals surface area contributed by atoms with Gasteiger partial charge in [-0.05, 0) is 48.4 Å². The normalized spacial score (nSPS) is 10.9. The predicted molar refractivity (Wildman–Crippen MR) is 121 cm³/mol. The molecule has 0 saturated carbocycles. The molecule has 3 rings (SSSR count). The number of amides is 1. The largest absolute Gasteiger partial charge is 0.487 e. The summed E-state index contributed by atoms with van der Waals surface area (Å²) in [6.45, 7) is 2.20. The Balaban J connectivity index is 1.89. The van der Waals surface area contributed by atoms with Gasteiger partial charge in [0.2, 0.25) is 0 Å². The highest BCUT2D eigenvalue weighted by Gasteiger charge is 2.15. The van der Waals surface area contributed by atoms with Gasteiger partial charge in [0.25, 0.3) is 5.91 Å². The van der Waals surface area contributed by atoms with Gasteiger partial charge in [0.15, 0.2) is 0 Å². The second-order valence-electron chi connectivity index (χ2n) is 6.57. The van der Waals surface area contributed by atoms with Crippen molar-refractivity contribution in [2.24, 2.45) is 0 Å². The number of aryl methyl sites for hydroxylation is 1. The van der Waals surface area contributed by atoms with Crippen LogP contribution in [-0.2, 0) is 11.4 Å². The Hall–Kier alpha value is -3.26. The van der Waals surface area contributed by atoms with E-state index < -0.39 is 5.91 Å². The molecule has 0 unspecified atom stereocenters. The zero-order valence-corrected chi connectivity index (χ0v) is 17.7. The summed E-state index contributed by atoms with van der Waals surface area (Å²) in [7, 11) is 0. The van der Waals surface area contributed by atoms with Gasteiger partial charge in [-0.25, -0.2) is 0 Å². The van der Waals surface area contributed by atoms with Crippen molar-refractivity contribution in [2.75, 3.05) is 5.32 Å². The van der Waals surface area contributed by atoms with E-state index >= 15 is 0 Å². The van der Waals surface area contributed by atoms with Crippen molar-refractivity contribution >= 4 is 40.9 Å². The number of nitrogens with one attached hydrogen (secondary N) is 1. The minimum absolute atomic E-state index is 0.0978. The lowest BCUT2D eigenvalue weighted by Gasteiger charge is -2.13. The van der Waals surface area contributed by atoms with E-state index in [1.165, 1.54) is 6.08 Å². The van der Waals surface area contributed by atoms with Crippen LogP contribution in [0.1, 0.15) is 16.7 Å². The highest BCUT2D eigenvalue weighted by molar-refractivity contribution is 6.36. The van der Waals surface area contributed by atoms with Gasteiger partial charge in [0, 0.05) is 16.3 Å². The Bertz CT molecular complexity index is 1140. The Labute approximate surface area is 185 Å². The first-order chi connectivity index (χ1) is 14.5. The van der Waals surface area contributed by atoms with Crippen molar-refractivity contribution in [3.8, 4) is 11.8 Å². The van der Waals surface area contributed by atoms with Gasteiger partial charge in [-0.1, -0.05) is 65.7 Å². The van der Waals surface area contributed by atoms with Crippen molar-refractivity contribution in [1.82, 2.24) is 0 Å². The summed E-state index contributed by atoms with van der Waals surface area (Å²) in [5, 5.41) is 12.9. The lowest BCUT2D eigenvalue weighted by molar-refractivity contribution is -0.112. The second kappa shape index (κ2) is 9.98. The van der Waals surface area contributed by atoms with E-state index in [1.807, 2.05) is 61.5 Å². The molecule has 0 radical (unpaired) electrons. The first-order valence-electron chi connectivity index (χ1n) is 9.12. The van der Waals surface area contributed by atoms with Crippen LogP contribution in [0.25, 0.3) is 6.08 Å². The molecule has 0 spiro atoms. The molecule has 1 N–H and O–H groups in total. The molecule has 0 bridgehead atoms. The molecule has 150 valence electrons. The molecule has 0 atom stereocenters. The molecule has 0 heterocycles. The van der Waals surface area contributed by atoms with Gasteiger partial charge in [0.1, 0.15) is 24.0 Å². The van der Waals surface area contributed by atoms with Crippen LogP contribution in [-0.4, -0.2) is 5.91 Å². The summed E-state index contributed by atoms with van der Waals surface area (Å²) in [5.74, 6) is -0.186. The van der Waals surface area contributed by atoms with E-state index in [0.29, 0.717) is 27.0 Å². The van der Waals surface area contributed by atoms with E-state index in [1.54, 1.807) is 18.2 Å². The molecule has 3 aromatic rings. The number of nitrogens with zero attached hydrogens (tertiary/aromatic N) is 1. The maximum absolute atomic E-state index is 12.6. The number of hydrogen-bond acceptors (Lipinski definition) is 3. The van der Waals surface area contributed by atoms with Gasteiger partial charge in [-0.2, -0.15) is 5.26 Å². The average molecular weight is 437 g/mol. The van der Waals surface area contributed by atoms with E-state index in [4.69, 9.17) is 27.9 Å². The molecule has 0 fully saturated rings. The summed E-state index contributed by atoms with van der Waals surface area (Å²) in [6.07, 6.45) is 1.42. The summed E-state index contributed by atoms with van der Waals surface area (Å²) >= 11 is 12.5. The summed E-state index contributed by atoms with van der Waals surface area (Å²) in [4.78, 5) is 12.6. The van der Waals surface area contributed by atoms with Crippen LogP contribution < -0.4 is 10.1 Å². The SMILES string of the molecule is Cc1cccc(NC(=O)/C(C#N)=C/c2cc(Cl)cc(Cl)c2OCc2ccccc2)c1. The third-order valence-electron chi connectivity index (χ3n) is 4.20. The Kier molecular flexibility index (Phi) is 7.13. The number of carbonyl (C=O) groups excluding carboxylic acids is 1. The molecule has 0 aliphatic carbocycles. The fraction of sp³-hybridized carbons (Fsp3) is 0.0833. The van der Waals surface area contributed by atoms with Crippen LogP contribution in [0.15, 0.2) is 72.3 Å². The lowest BCUT2D eigenvalue weighted by atomic mass is 10.1. The van der Waals surface area contributed by atoms with Crippen molar-refractivity contribution in [3.63, 3.8) is 0 Å². The topological polar surface area (TPSA) is 62.1 Å². The van der Waals surface area contributed by atoms with Crippen LogP contribution in [0.2, 0.25) is 10.0 Å². The van der Waals surface area contributed by atoms with Gasteiger partial charge < -0.3 is 10.1 Å². The third-order valence-corrected chi connectivity index (χ3v) is 4.70. The van der Waals surface area contributed by atoms with Crippen LogP contribution in [0.4, 0.5) is 5.69 Å². The lowest BCUT2D eigenvalue weighted by Crippen LogP contribution is -2.13. The quantitative estimate of drug-likeness (QED) is 0.357. The summed E-state index contributed by atoms with van der Waals surface area (Å²) in [5.41, 5.74) is 2.90. The molecule has 6 heteroatoms. The van der Waals surface area contributed by atoms with Crippen molar-refractivity contribution in [3.05, 3.63) is 99.0 Å². The van der Waals surface area contributed by atoms with Crippen LogP contribution in [0, 0.1) is 18.3 Å². The van der Waals surface area contributed by atoms with E-state index in [0.717, 1.165) is 11.1 Å². The molecule has 0 aromatic heterocycles. The number of ether oxygens (including phenoxy) is 1. The molecule has 0 aliphatic heterocycles. The fourth-order valence-corrected chi connectivity index (χ4v) is 3.36. The highest BCUT2D eigenvalue weighted by Crippen LogP contribution is 2.34. The second-order valence-corrected chi connectivity index (χ2v) is 7.42. The predicted octanol–water partition coefficient (Wildman–Crippen LogP) is 6.43. The zero-order chi connectivity index (χ0) is 21.5. The molecule has 30 heavy (non-hydrogen) atoms. The third kappa shape index (κ3) is 5.64. The van der Waals surface area contributed by atoms with Gasteiger partial charge in [-0.3, -0.25) is 4.79 Å². The number of carbonyl (C=O) groups is 1. The van der Waals surface area contributed by atoms with Crippen LogP contribution in [0.5, 0.6) is 5.75 Å². The van der Waals surface area contributed by atoms with E-state index in [-0.39, 0.29) is 12.2 Å². The Morgan fingerprint density at radius 3 is 2.57 bits per heavy atom. The zero-order valence-electron chi connectivity index (χ0n) is 16.2. The molecule has 3 aromatic carbocycles. The Morgan fingerprint density at radius 2 is 1.87 bits per heavy atom. The molecule has 4 nitrogen and oxygen atoms in total. The van der Waals surface area contributed by atoms with E-state index in [2.05, 4.69) is 5.32 Å². The summed E-state index contributed by atoms with van der Waals surface area (Å²) in [6, 6.07) is 22.0. The minimum atomic E-state index is -0.534. The van der Waals surface area contributed by atoms with Crippen molar-refractivity contribution in [2.45, 2.75) is 13.5 Å². The standard InChI is InChI=1S/C24H18Cl2N2O2/c1-16-6-5-9-21(10-16)28-24(29)19(14-27)11-18-12-20(25)13-22(26)23(18)30-15-17-7-3-2-4-8-17/h2-13H,15H2,1H3,(H,28,29)/b19-11+. The van der Waals surface area contributed by atoms with Gasteiger partial charge >= 0.3 is 0 Å². The average Bonchev–Trinajstić information content (AvgIpc) is 2.72. The number of halogens is 2. The monoisotopic (exact) mass is 436 g/mol. The summed E-state index contributed by atoms with van der Waals surface area (Å²) < 4.78 is 5.89. The van der Waals surface area contributed by atoms with Gasteiger partial charge in [-0.15, -0.1) is 0 Å². The highest BCUT2D eigenvalue weighted by atomic mass is 35.5. The minimum Gasteiger partial charge on any atom is -0.487 e. The number of benzene rings is 3. The molecule has 1 amide bonds. The van der Waals surface area contributed by atoms with Crippen LogP contribution in [0.3, 0.4) is 0 Å². The van der Waals surface area contributed by atoms with Crippen molar-refractivity contribution < 1.29 is 9.53 Å². The molecule has 0 aliphatic rings.